The lowest BCUT2D eigenvalue weighted by Gasteiger charge is -2.08. The summed E-state index contributed by atoms with van der Waals surface area (Å²) in [6, 6.07) is 7.30. The number of aromatic nitrogens is 1. The fourth-order valence-corrected chi connectivity index (χ4v) is 1.46. The van der Waals surface area contributed by atoms with Gasteiger partial charge in [-0.25, -0.2) is 0 Å². The Balaban J connectivity index is 2.51. The summed E-state index contributed by atoms with van der Waals surface area (Å²) in [6.45, 7) is 0.264. The zero-order valence-electron chi connectivity index (χ0n) is 8.18. The number of fused-ring (bicyclic) bond motifs is 1. The van der Waals surface area contributed by atoms with Gasteiger partial charge in [-0.1, -0.05) is 6.07 Å². The minimum atomic E-state index is -0.00781. The molecule has 0 bridgehead atoms. The molecule has 2 aromatic rings. The molecule has 0 atom stereocenters. The molecule has 0 aliphatic rings. The standard InChI is InChI=1S/C11H12N2O2/c12-9-3-1-2-8-10(15-7-6-14)4-5-13-11(8)9/h1-5,14H,6-7,12H2. The molecule has 0 aliphatic heterocycles. The van der Waals surface area contributed by atoms with Crippen LogP contribution < -0.4 is 10.5 Å². The van der Waals surface area contributed by atoms with Gasteiger partial charge in [0.2, 0.25) is 0 Å². The van der Waals surface area contributed by atoms with Crippen LogP contribution in [0.4, 0.5) is 5.69 Å². The molecule has 0 saturated heterocycles. The van der Waals surface area contributed by atoms with E-state index in [1.165, 1.54) is 0 Å². The monoisotopic (exact) mass is 204 g/mol. The van der Waals surface area contributed by atoms with Crippen molar-refractivity contribution in [2.45, 2.75) is 0 Å². The normalized spacial score (nSPS) is 10.5. The van der Waals surface area contributed by atoms with E-state index in [4.69, 9.17) is 15.6 Å². The highest BCUT2D eigenvalue weighted by Crippen LogP contribution is 2.26. The zero-order chi connectivity index (χ0) is 10.7. The Bertz CT molecular complexity index is 471. The van der Waals surface area contributed by atoms with Crippen molar-refractivity contribution < 1.29 is 9.84 Å². The molecule has 0 fully saturated rings. The maximum atomic E-state index is 8.69. The van der Waals surface area contributed by atoms with Crippen molar-refractivity contribution in [3.63, 3.8) is 0 Å². The van der Waals surface area contributed by atoms with Gasteiger partial charge in [0, 0.05) is 11.6 Å². The molecule has 0 amide bonds. The van der Waals surface area contributed by atoms with E-state index in [2.05, 4.69) is 4.98 Å². The second kappa shape index (κ2) is 4.14. The van der Waals surface area contributed by atoms with E-state index in [9.17, 15) is 0 Å². The Kier molecular flexibility index (Phi) is 2.69. The van der Waals surface area contributed by atoms with Crippen molar-refractivity contribution in [2.24, 2.45) is 0 Å². The second-order valence-electron chi connectivity index (χ2n) is 3.12. The van der Waals surface area contributed by atoms with Crippen LogP contribution in [-0.4, -0.2) is 23.3 Å². The summed E-state index contributed by atoms with van der Waals surface area (Å²) >= 11 is 0. The van der Waals surface area contributed by atoms with Gasteiger partial charge in [0.15, 0.2) is 0 Å². The molecular formula is C11H12N2O2. The molecule has 0 unspecified atom stereocenters. The van der Waals surface area contributed by atoms with Crippen LogP contribution in [0.3, 0.4) is 0 Å². The number of benzene rings is 1. The quantitative estimate of drug-likeness (QED) is 0.737. The van der Waals surface area contributed by atoms with E-state index in [-0.39, 0.29) is 13.2 Å². The number of nitrogen functional groups attached to an aromatic ring is 1. The first kappa shape index (κ1) is 9.73. The molecule has 0 spiro atoms. The number of pyridine rings is 1. The summed E-state index contributed by atoms with van der Waals surface area (Å²) in [5, 5.41) is 9.56. The van der Waals surface area contributed by atoms with Crippen molar-refractivity contribution in [3.05, 3.63) is 30.5 Å². The van der Waals surface area contributed by atoms with E-state index in [0.717, 1.165) is 10.9 Å². The Morgan fingerprint density at radius 2 is 2.20 bits per heavy atom. The van der Waals surface area contributed by atoms with E-state index in [0.29, 0.717) is 11.4 Å². The van der Waals surface area contributed by atoms with Crippen LogP contribution in [0, 0.1) is 0 Å². The van der Waals surface area contributed by atoms with E-state index < -0.39 is 0 Å². The van der Waals surface area contributed by atoms with Crippen LogP contribution in [-0.2, 0) is 0 Å². The van der Waals surface area contributed by atoms with Crippen molar-refractivity contribution in [1.82, 2.24) is 4.98 Å². The number of aliphatic hydroxyl groups excluding tert-OH is 1. The Hall–Kier alpha value is -1.81. The number of hydrogen-bond donors (Lipinski definition) is 2. The fourth-order valence-electron chi connectivity index (χ4n) is 1.46. The van der Waals surface area contributed by atoms with Gasteiger partial charge in [-0.3, -0.25) is 4.98 Å². The van der Waals surface area contributed by atoms with Crippen molar-refractivity contribution in [2.75, 3.05) is 18.9 Å². The first-order valence-electron chi connectivity index (χ1n) is 4.70. The summed E-state index contributed by atoms with van der Waals surface area (Å²) in [5.74, 6) is 0.696. The maximum absolute atomic E-state index is 8.69. The van der Waals surface area contributed by atoms with Gasteiger partial charge in [-0.15, -0.1) is 0 Å². The predicted octanol–water partition coefficient (Wildman–Crippen LogP) is 1.19. The average Bonchev–Trinajstić information content (AvgIpc) is 2.27. The van der Waals surface area contributed by atoms with E-state index in [1.807, 2.05) is 12.1 Å². The maximum Gasteiger partial charge on any atom is 0.130 e. The van der Waals surface area contributed by atoms with Crippen LogP contribution in [0.2, 0.25) is 0 Å². The fraction of sp³-hybridized carbons (Fsp3) is 0.182. The lowest BCUT2D eigenvalue weighted by molar-refractivity contribution is 0.203. The largest absolute Gasteiger partial charge is 0.490 e. The van der Waals surface area contributed by atoms with Gasteiger partial charge in [0.05, 0.1) is 17.8 Å². The predicted molar refractivity (Wildman–Crippen MR) is 58.7 cm³/mol. The van der Waals surface area contributed by atoms with E-state index in [1.54, 1.807) is 18.3 Å². The van der Waals surface area contributed by atoms with Crippen LogP contribution >= 0.6 is 0 Å². The lowest BCUT2D eigenvalue weighted by atomic mass is 10.2. The van der Waals surface area contributed by atoms with E-state index >= 15 is 0 Å². The van der Waals surface area contributed by atoms with Crippen molar-refractivity contribution >= 4 is 16.6 Å². The van der Waals surface area contributed by atoms with Crippen LogP contribution in [0.15, 0.2) is 30.5 Å². The first-order chi connectivity index (χ1) is 7.33. The summed E-state index contributed by atoms with van der Waals surface area (Å²) in [5.41, 5.74) is 7.14. The molecule has 3 N–H and O–H groups in total. The molecule has 0 saturated carbocycles. The number of anilines is 1. The van der Waals surface area contributed by atoms with Gasteiger partial charge < -0.3 is 15.6 Å². The zero-order valence-corrected chi connectivity index (χ0v) is 8.18. The summed E-state index contributed by atoms with van der Waals surface area (Å²) in [7, 11) is 0. The number of ether oxygens (including phenoxy) is 1. The number of nitrogens with zero attached hydrogens (tertiary/aromatic N) is 1. The van der Waals surface area contributed by atoms with Gasteiger partial charge in [-0.2, -0.15) is 0 Å². The minimum absolute atomic E-state index is 0.00781. The number of rotatable bonds is 3. The lowest BCUT2D eigenvalue weighted by Crippen LogP contribution is -2.02. The molecule has 15 heavy (non-hydrogen) atoms. The van der Waals surface area contributed by atoms with Gasteiger partial charge in [-0.05, 0) is 18.2 Å². The number of hydrogen-bond acceptors (Lipinski definition) is 4. The van der Waals surface area contributed by atoms with Gasteiger partial charge in [0.1, 0.15) is 12.4 Å². The highest BCUT2D eigenvalue weighted by molar-refractivity contribution is 5.93. The Morgan fingerprint density at radius 1 is 1.33 bits per heavy atom. The first-order valence-corrected chi connectivity index (χ1v) is 4.70. The topological polar surface area (TPSA) is 68.4 Å². The average molecular weight is 204 g/mol. The molecule has 78 valence electrons. The molecular weight excluding hydrogens is 192 g/mol. The molecule has 0 radical (unpaired) electrons. The third kappa shape index (κ3) is 1.85. The number of para-hydroxylation sites is 1. The molecule has 4 heteroatoms. The molecule has 1 aromatic carbocycles. The van der Waals surface area contributed by atoms with Crippen molar-refractivity contribution in [3.8, 4) is 5.75 Å². The van der Waals surface area contributed by atoms with Crippen LogP contribution in [0.25, 0.3) is 10.9 Å². The third-order valence-electron chi connectivity index (χ3n) is 2.11. The number of nitrogens with two attached hydrogens (primary N) is 1. The molecule has 2 rings (SSSR count). The molecule has 1 aromatic heterocycles. The summed E-state index contributed by atoms with van der Waals surface area (Å²) in [4.78, 5) is 4.18. The second-order valence-corrected chi connectivity index (χ2v) is 3.12. The Labute approximate surface area is 87.3 Å². The summed E-state index contributed by atoms with van der Waals surface area (Å²) in [6.07, 6.45) is 1.64. The smallest absolute Gasteiger partial charge is 0.130 e. The van der Waals surface area contributed by atoms with Crippen LogP contribution in [0.1, 0.15) is 0 Å². The summed E-state index contributed by atoms with van der Waals surface area (Å²) < 4.78 is 5.38. The SMILES string of the molecule is Nc1cccc2c(OCCO)ccnc12. The third-order valence-corrected chi connectivity index (χ3v) is 2.11. The highest BCUT2D eigenvalue weighted by atomic mass is 16.5. The van der Waals surface area contributed by atoms with Gasteiger partial charge in [0.25, 0.3) is 0 Å². The van der Waals surface area contributed by atoms with Gasteiger partial charge >= 0.3 is 0 Å². The molecule has 4 nitrogen and oxygen atoms in total. The highest BCUT2D eigenvalue weighted by Gasteiger charge is 2.04. The Morgan fingerprint density at radius 3 is 3.00 bits per heavy atom. The molecule has 0 aliphatic carbocycles. The minimum Gasteiger partial charge on any atom is -0.490 e. The van der Waals surface area contributed by atoms with Crippen LogP contribution in [0.5, 0.6) is 5.75 Å². The number of aliphatic hydroxyl groups is 1. The van der Waals surface area contributed by atoms with Crippen molar-refractivity contribution in [1.29, 1.82) is 0 Å². The molecule has 1 heterocycles.